The maximum absolute atomic E-state index is 14.9. The van der Waals surface area contributed by atoms with Crippen LogP contribution in [-0.2, 0) is 12.8 Å². The van der Waals surface area contributed by atoms with Crippen molar-refractivity contribution in [3.63, 3.8) is 0 Å². The summed E-state index contributed by atoms with van der Waals surface area (Å²) >= 11 is 12.0. The van der Waals surface area contributed by atoms with Gasteiger partial charge in [0.25, 0.3) is 11.1 Å². The van der Waals surface area contributed by atoms with Crippen molar-refractivity contribution in [1.82, 2.24) is 18.8 Å². The molecule has 7 aromatic heterocycles. The lowest BCUT2D eigenvalue weighted by molar-refractivity contribution is 0.600. The first kappa shape index (κ1) is 32.0. The molecule has 0 spiro atoms. The molecule has 0 atom stereocenters. The quantitative estimate of drug-likeness (QED) is 0.0810. The third-order valence-electron chi connectivity index (χ3n) is 9.87. The zero-order valence-corrected chi connectivity index (χ0v) is 32.3. The number of aromatic nitrogens is 4. The van der Waals surface area contributed by atoms with Gasteiger partial charge in [0.2, 0.25) is 0 Å². The highest BCUT2D eigenvalue weighted by Gasteiger charge is 2.30. The van der Waals surface area contributed by atoms with E-state index in [4.69, 9.17) is 9.97 Å². The summed E-state index contributed by atoms with van der Waals surface area (Å²) in [5.41, 5.74) is 5.36. The van der Waals surface area contributed by atoms with Gasteiger partial charge in [0.1, 0.15) is 31.0 Å². The zero-order valence-electron chi connectivity index (χ0n) is 26.6. The van der Waals surface area contributed by atoms with Gasteiger partial charge in [0.15, 0.2) is 5.65 Å². The summed E-state index contributed by atoms with van der Waals surface area (Å²) in [7, 11) is 0. The molecule has 0 unspecified atom stereocenters. The van der Waals surface area contributed by atoms with Gasteiger partial charge in [-0.2, -0.15) is 0 Å². The fraction of sp³-hybridized carbons (Fsp3) is 0.444. The number of thiophene rings is 3. The van der Waals surface area contributed by atoms with Gasteiger partial charge >= 0.3 is 0 Å². The molecule has 7 heterocycles. The number of aryl methyl sites for hydroxylation is 2. The second-order valence-electron chi connectivity index (χ2n) is 12.9. The number of rotatable bonds is 14. The molecule has 0 saturated carbocycles. The highest BCUT2D eigenvalue weighted by Crippen LogP contribution is 2.47. The Morgan fingerprint density at radius 3 is 1.68 bits per heavy atom. The summed E-state index contributed by atoms with van der Waals surface area (Å²) in [5.74, 6) is 0. The van der Waals surface area contributed by atoms with Gasteiger partial charge < -0.3 is 0 Å². The van der Waals surface area contributed by atoms with Gasteiger partial charge in [0.05, 0.1) is 19.0 Å². The Morgan fingerprint density at radius 2 is 1.09 bits per heavy atom. The molecule has 8 aromatic rings. The first-order chi connectivity index (χ1) is 23.0. The van der Waals surface area contributed by atoms with Crippen LogP contribution in [0.5, 0.6) is 0 Å². The molecule has 1 aromatic carbocycles. The van der Waals surface area contributed by atoms with Crippen molar-refractivity contribution < 1.29 is 0 Å². The first-order valence-electron chi connectivity index (χ1n) is 17.0. The van der Waals surface area contributed by atoms with Crippen LogP contribution in [0.1, 0.15) is 102 Å². The molecule has 8 rings (SSSR count). The van der Waals surface area contributed by atoms with E-state index in [0.717, 1.165) is 106 Å². The molecular formula is C36H36Br2N4O2S3. The zero-order chi connectivity index (χ0) is 32.4. The molecule has 0 saturated heterocycles. The lowest BCUT2D eigenvalue weighted by atomic mass is 9.87. The number of unbranched alkanes of at least 4 members (excludes halogenated alkanes) is 10. The highest BCUT2D eigenvalue weighted by atomic mass is 79.9. The topological polar surface area (TPSA) is 68.7 Å². The van der Waals surface area contributed by atoms with Crippen LogP contribution in [0, 0.1) is 0 Å². The van der Waals surface area contributed by atoms with Crippen molar-refractivity contribution >= 4 is 129 Å². The number of imidazole rings is 2. The number of fused-ring (bicyclic) bond motifs is 8. The van der Waals surface area contributed by atoms with Gasteiger partial charge in [-0.25, -0.2) is 9.97 Å². The third kappa shape index (κ3) is 5.00. The van der Waals surface area contributed by atoms with Gasteiger partial charge in [0, 0.05) is 26.9 Å². The van der Waals surface area contributed by atoms with Crippen molar-refractivity contribution in [3.8, 4) is 0 Å². The van der Waals surface area contributed by atoms with E-state index < -0.39 is 0 Å². The highest BCUT2D eigenvalue weighted by molar-refractivity contribution is 9.11. The van der Waals surface area contributed by atoms with E-state index in [2.05, 4.69) is 45.7 Å². The summed E-state index contributed by atoms with van der Waals surface area (Å²) in [6.45, 7) is 4.51. The molecule has 0 aliphatic rings. The molecule has 0 aliphatic carbocycles. The molecule has 0 amide bonds. The second-order valence-corrected chi connectivity index (χ2v) is 17.3. The molecule has 0 fully saturated rings. The standard InChI is InChI=1S/C36H36Br2N4O2S3/c1-3-5-7-9-11-13-15-19-20(16-14-12-10-8-6-4-2)24-26-25-23(19)31-39-33-27(21(37)17-45-33)41(31)36(44)30(25)47-29(26)32-40-34-28(22(38)18-46-34)42(32)35(24)43/h17-18H,3-16H2,1-2H3. The van der Waals surface area contributed by atoms with Crippen molar-refractivity contribution in [2.75, 3.05) is 0 Å². The molecule has 0 bridgehead atoms. The third-order valence-corrected chi connectivity index (χ3v) is 14.6. The van der Waals surface area contributed by atoms with Crippen molar-refractivity contribution in [2.45, 2.75) is 104 Å². The maximum Gasteiger partial charge on any atom is 0.274 e. The van der Waals surface area contributed by atoms with Crippen LogP contribution in [0.15, 0.2) is 29.3 Å². The number of benzene rings is 1. The lowest BCUT2D eigenvalue weighted by Gasteiger charge is -2.18. The minimum atomic E-state index is -0.0639. The Bertz CT molecular complexity index is 2540. The second kappa shape index (κ2) is 12.9. The van der Waals surface area contributed by atoms with Gasteiger partial charge in [-0.3, -0.25) is 18.4 Å². The molecule has 244 valence electrons. The molecule has 0 aliphatic heterocycles. The van der Waals surface area contributed by atoms with E-state index in [9.17, 15) is 9.59 Å². The van der Waals surface area contributed by atoms with Crippen molar-refractivity contribution in [1.29, 1.82) is 0 Å². The number of halogens is 2. The van der Waals surface area contributed by atoms with Crippen LogP contribution in [0.25, 0.3) is 62.9 Å². The Hall–Kier alpha value is -2.18. The number of hydrogen-bond acceptors (Lipinski definition) is 7. The van der Waals surface area contributed by atoms with Gasteiger partial charge in [-0.1, -0.05) is 78.1 Å². The number of nitrogens with zero attached hydrogens (tertiary/aromatic N) is 4. The molecule has 11 heteroatoms. The summed E-state index contributed by atoms with van der Waals surface area (Å²) in [6, 6.07) is 0. The van der Waals surface area contributed by atoms with E-state index in [1.165, 1.54) is 79.6 Å². The molecule has 0 N–H and O–H groups in total. The largest absolute Gasteiger partial charge is 0.274 e. The molecule has 6 nitrogen and oxygen atoms in total. The average Bonchev–Trinajstić information content (AvgIpc) is 3.87. The van der Waals surface area contributed by atoms with Crippen LogP contribution < -0.4 is 11.1 Å². The number of hydrogen-bond donors (Lipinski definition) is 0. The minimum Gasteiger partial charge on any atom is -0.268 e. The van der Waals surface area contributed by atoms with Crippen LogP contribution in [0.4, 0.5) is 0 Å². The Morgan fingerprint density at radius 1 is 0.596 bits per heavy atom. The van der Waals surface area contributed by atoms with Crippen molar-refractivity contribution in [2.24, 2.45) is 0 Å². The fourth-order valence-corrected chi connectivity index (χ4v) is 12.0. The van der Waals surface area contributed by atoms with E-state index in [0.29, 0.717) is 10.3 Å². The summed E-state index contributed by atoms with van der Waals surface area (Å²) < 4.78 is 7.05. The maximum atomic E-state index is 14.9. The lowest BCUT2D eigenvalue weighted by Crippen LogP contribution is -2.17. The van der Waals surface area contributed by atoms with E-state index >= 15 is 0 Å². The van der Waals surface area contributed by atoms with Gasteiger partial charge in [-0.05, 0) is 68.7 Å². The average molecular weight is 813 g/mol. The summed E-state index contributed by atoms with van der Waals surface area (Å²) in [4.78, 5) is 41.3. The van der Waals surface area contributed by atoms with E-state index in [1.54, 1.807) is 11.3 Å². The monoisotopic (exact) mass is 810 g/mol. The Balaban J connectivity index is 1.47. The van der Waals surface area contributed by atoms with Crippen LogP contribution in [0.2, 0.25) is 0 Å². The van der Waals surface area contributed by atoms with Crippen LogP contribution >= 0.6 is 65.9 Å². The molecule has 0 radical (unpaired) electrons. The smallest absolute Gasteiger partial charge is 0.268 e. The molecule has 47 heavy (non-hydrogen) atoms. The van der Waals surface area contributed by atoms with E-state index in [-0.39, 0.29) is 11.1 Å². The first-order valence-corrected chi connectivity index (χ1v) is 21.2. The normalized spacial score (nSPS) is 12.8. The van der Waals surface area contributed by atoms with Crippen LogP contribution in [-0.4, -0.2) is 18.8 Å². The van der Waals surface area contributed by atoms with Gasteiger partial charge in [-0.15, -0.1) is 34.0 Å². The minimum absolute atomic E-state index is 0.0136. The molecular weight excluding hydrogens is 776 g/mol. The summed E-state index contributed by atoms with van der Waals surface area (Å²) in [6.07, 6.45) is 16.0. The van der Waals surface area contributed by atoms with Crippen LogP contribution in [0.3, 0.4) is 0 Å². The Kier molecular flexibility index (Phi) is 8.82. The Labute approximate surface area is 300 Å². The summed E-state index contributed by atoms with van der Waals surface area (Å²) in [5, 5.41) is 7.72. The van der Waals surface area contributed by atoms with Crippen molar-refractivity contribution in [3.05, 3.63) is 51.5 Å². The SMILES string of the molecule is CCCCCCCCc1c(CCCCCCCC)c2c3c(sc4c3c1c(=O)n1c4nc3scc(Br)c31)c(=O)n1c2nc2scc(Br)c21. The predicted octanol–water partition coefficient (Wildman–Crippen LogP) is 11.9. The predicted molar refractivity (Wildman–Crippen MR) is 210 cm³/mol. The fourth-order valence-electron chi connectivity index (χ4n) is 7.66. The van der Waals surface area contributed by atoms with E-state index in [1.807, 2.05) is 19.6 Å². The number of pyridine rings is 2.